The molecule has 5 heteroatoms. The Bertz CT molecular complexity index is 757. The van der Waals surface area contributed by atoms with Gasteiger partial charge in [-0.2, -0.15) is 0 Å². The predicted octanol–water partition coefficient (Wildman–Crippen LogP) is 5.92. The summed E-state index contributed by atoms with van der Waals surface area (Å²) < 4.78 is 5.74. The molecule has 0 saturated carbocycles. The number of ketones is 1. The van der Waals surface area contributed by atoms with E-state index in [1.807, 2.05) is 12.1 Å². The van der Waals surface area contributed by atoms with Crippen molar-refractivity contribution in [2.24, 2.45) is 0 Å². The van der Waals surface area contributed by atoms with E-state index in [4.69, 9.17) is 4.74 Å². The summed E-state index contributed by atoms with van der Waals surface area (Å²) in [6.45, 7) is 4.69. The van der Waals surface area contributed by atoms with Gasteiger partial charge in [0.15, 0.2) is 11.6 Å². The first-order valence-corrected chi connectivity index (χ1v) is 11.2. The van der Waals surface area contributed by atoms with E-state index in [0.29, 0.717) is 36.5 Å². The Balaban J connectivity index is 1.77. The molecule has 1 heterocycles. The van der Waals surface area contributed by atoms with Crippen molar-refractivity contribution in [3.8, 4) is 17.1 Å². The van der Waals surface area contributed by atoms with Gasteiger partial charge in [0.25, 0.3) is 0 Å². The second-order valence-corrected chi connectivity index (χ2v) is 7.62. The van der Waals surface area contributed by atoms with Crippen molar-refractivity contribution in [3.63, 3.8) is 0 Å². The first-order chi connectivity index (χ1) is 14.7. The van der Waals surface area contributed by atoms with Crippen LogP contribution in [0, 0.1) is 0 Å². The van der Waals surface area contributed by atoms with Crippen molar-refractivity contribution in [2.45, 2.75) is 77.6 Å². The Morgan fingerprint density at radius 3 is 2.10 bits per heavy atom. The number of rotatable bonds is 15. The predicted molar refractivity (Wildman–Crippen MR) is 120 cm³/mol. The third-order valence-corrected chi connectivity index (χ3v) is 5.25. The van der Waals surface area contributed by atoms with E-state index in [1.54, 1.807) is 31.5 Å². The van der Waals surface area contributed by atoms with Crippen molar-refractivity contribution in [1.82, 2.24) is 9.97 Å². The second kappa shape index (κ2) is 13.6. The normalized spacial score (nSPS) is 11.8. The quantitative estimate of drug-likeness (QED) is 0.207. The number of aldehydes is 1. The zero-order valence-corrected chi connectivity index (χ0v) is 18.3. The molecule has 0 fully saturated rings. The number of carbonyl (C=O) groups excluding carboxylic acids is 2. The molecule has 1 atom stereocenters. The molecule has 0 amide bonds. The lowest BCUT2D eigenvalue weighted by Gasteiger charge is -2.09. The lowest BCUT2D eigenvalue weighted by atomic mass is 9.94. The number of hydrogen-bond donors (Lipinski definition) is 0. The van der Waals surface area contributed by atoms with E-state index < -0.39 is 5.92 Å². The molecule has 0 bridgehead atoms. The highest BCUT2D eigenvalue weighted by molar-refractivity contribution is 5.98. The highest BCUT2D eigenvalue weighted by Gasteiger charge is 2.18. The minimum Gasteiger partial charge on any atom is -0.490 e. The lowest BCUT2D eigenvalue weighted by Crippen LogP contribution is -2.12. The van der Waals surface area contributed by atoms with Gasteiger partial charge >= 0.3 is 0 Å². The number of carbonyl (C=O) groups is 2. The molecule has 0 radical (unpaired) electrons. The standard InChI is InChI=1S/C25H34N2O3/c1-3-5-6-7-8-9-10-11-16-30-22-17-26-25(27-18-22)21-14-12-20(13-15-21)23(19-28)24(29)4-2/h12-15,17-19,23H,3-11,16H2,1-2H3. The van der Waals surface area contributed by atoms with E-state index in [0.717, 1.165) is 12.0 Å². The molecular formula is C25H34N2O3. The largest absolute Gasteiger partial charge is 0.490 e. The molecule has 2 aromatic rings. The molecule has 1 aromatic carbocycles. The van der Waals surface area contributed by atoms with E-state index in [-0.39, 0.29) is 5.78 Å². The van der Waals surface area contributed by atoms with Crippen LogP contribution in [0.25, 0.3) is 11.4 Å². The Labute approximate surface area is 180 Å². The van der Waals surface area contributed by atoms with Crippen LogP contribution >= 0.6 is 0 Å². The van der Waals surface area contributed by atoms with Crippen LogP contribution in [0.4, 0.5) is 0 Å². The van der Waals surface area contributed by atoms with E-state index in [2.05, 4.69) is 16.9 Å². The van der Waals surface area contributed by atoms with E-state index >= 15 is 0 Å². The molecular weight excluding hydrogens is 376 g/mol. The summed E-state index contributed by atoms with van der Waals surface area (Å²) in [7, 11) is 0. The van der Waals surface area contributed by atoms with Gasteiger partial charge in [-0.25, -0.2) is 9.97 Å². The third kappa shape index (κ3) is 7.69. The van der Waals surface area contributed by atoms with Crippen LogP contribution in [0.1, 0.15) is 83.1 Å². The Morgan fingerprint density at radius 2 is 1.53 bits per heavy atom. The molecule has 0 N–H and O–H groups in total. The summed E-state index contributed by atoms with van der Waals surface area (Å²) in [6, 6.07) is 7.26. The van der Waals surface area contributed by atoms with Crippen LogP contribution in [0.3, 0.4) is 0 Å². The number of aromatic nitrogens is 2. The maximum Gasteiger partial charge on any atom is 0.159 e. The minimum absolute atomic E-state index is 0.0769. The van der Waals surface area contributed by atoms with Gasteiger partial charge < -0.3 is 9.53 Å². The summed E-state index contributed by atoms with van der Waals surface area (Å²) in [5.41, 5.74) is 1.54. The second-order valence-electron chi connectivity index (χ2n) is 7.62. The van der Waals surface area contributed by atoms with Gasteiger partial charge in [-0.1, -0.05) is 83.1 Å². The summed E-state index contributed by atoms with van der Waals surface area (Å²) in [5, 5.41) is 0. The topological polar surface area (TPSA) is 69.2 Å². The first kappa shape index (κ1) is 23.7. The van der Waals surface area contributed by atoms with E-state index in [1.165, 1.54) is 44.9 Å². The highest BCUT2D eigenvalue weighted by Crippen LogP contribution is 2.22. The summed E-state index contributed by atoms with van der Waals surface area (Å²) in [6.07, 6.45) is 14.6. The van der Waals surface area contributed by atoms with Crippen molar-refractivity contribution in [3.05, 3.63) is 42.2 Å². The first-order valence-electron chi connectivity index (χ1n) is 11.2. The Hall–Kier alpha value is -2.56. The highest BCUT2D eigenvalue weighted by atomic mass is 16.5. The van der Waals surface area contributed by atoms with Gasteiger partial charge in [0, 0.05) is 12.0 Å². The summed E-state index contributed by atoms with van der Waals surface area (Å²) in [4.78, 5) is 31.9. The fourth-order valence-corrected chi connectivity index (χ4v) is 3.37. The van der Waals surface area contributed by atoms with Gasteiger partial charge in [-0.15, -0.1) is 0 Å². The van der Waals surface area contributed by atoms with Crippen LogP contribution in [0.5, 0.6) is 5.75 Å². The molecule has 30 heavy (non-hydrogen) atoms. The fourth-order valence-electron chi connectivity index (χ4n) is 3.37. The molecule has 5 nitrogen and oxygen atoms in total. The maximum atomic E-state index is 11.9. The van der Waals surface area contributed by atoms with Crippen LogP contribution in [-0.2, 0) is 9.59 Å². The Morgan fingerprint density at radius 1 is 0.933 bits per heavy atom. The van der Waals surface area contributed by atoms with Crippen LogP contribution < -0.4 is 4.74 Å². The number of benzene rings is 1. The number of Topliss-reactive ketones (excluding diaryl/α,β-unsaturated/α-hetero) is 1. The zero-order valence-electron chi connectivity index (χ0n) is 18.3. The van der Waals surface area contributed by atoms with Crippen molar-refractivity contribution < 1.29 is 14.3 Å². The van der Waals surface area contributed by atoms with Gasteiger partial charge in [0.1, 0.15) is 12.1 Å². The van der Waals surface area contributed by atoms with Crippen molar-refractivity contribution >= 4 is 12.1 Å². The van der Waals surface area contributed by atoms with Crippen molar-refractivity contribution in [2.75, 3.05) is 6.61 Å². The molecule has 0 spiro atoms. The molecule has 0 aliphatic carbocycles. The van der Waals surface area contributed by atoms with E-state index in [9.17, 15) is 9.59 Å². The molecule has 1 aromatic heterocycles. The average Bonchev–Trinajstić information content (AvgIpc) is 2.79. The Kier molecular flexibility index (Phi) is 10.8. The molecule has 1 unspecified atom stereocenters. The summed E-state index contributed by atoms with van der Waals surface area (Å²) in [5.74, 6) is 0.488. The number of ether oxygens (including phenoxy) is 1. The monoisotopic (exact) mass is 410 g/mol. The lowest BCUT2D eigenvalue weighted by molar-refractivity contribution is -0.124. The van der Waals surface area contributed by atoms with Crippen LogP contribution in [0.2, 0.25) is 0 Å². The molecule has 2 rings (SSSR count). The maximum absolute atomic E-state index is 11.9. The van der Waals surface area contributed by atoms with Crippen LogP contribution in [-0.4, -0.2) is 28.6 Å². The third-order valence-electron chi connectivity index (χ3n) is 5.25. The summed E-state index contributed by atoms with van der Waals surface area (Å²) >= 11 is 0. The zero-order chi connectivity index (χ0) is 21.6. The number of unbranched alkanes of at least 4 members (excludes halogenated alkanes) is 7. The van der Waals surface area contributed by atoms with Gasteiger partial charge in [-0.3, -0.25) is 4.79 Å². The van der Waals surface area contributed by atoms with Crippen LogP contribution in [0.15, 0.2) is 36.7 Å². The molecule has 0 aliphatic rings. The molecule has 0 saturated heterocycles. The van der Waals surface area contributed by atoms with Gasteiger partial charge in [0.2, 0.25) is 0 Å². The smallest absolute Gasteiger partial charge is 0.159 e. The molecule has 0 aliphatic heterocycles. The van der Waals surface area contributed by atoms with Gasteiger partial charge in [-0.05, 0) is 12.0 Å². The number of hydrogen-bond acceptors (Lipinski definition) is 5. The number of nitrogens with zero attached hydrogens (tertiary/aromatic N) is 2. The minimum atomic E-state index is -0.697. The van der Waals surface area contributed by atoms with Crippen molar-refractivity contribution in [1.29, 1.82) is 0 Å². The fraction of sp³-hybridized carbons (Fsp3) is 0.520. The SMILES string of the molecule is CCCCCCCCCCOc1cnc(-c2ccc(C(C=O)C(=O)CC)cc2)nc1. The average molecular weight is 411 g/mol. The molecule has 162 valence electrons. The van der Waals surface area contributed by atoms with Gasteiger partial charge in [0.05, 0.1) is 24.9 Å².